The van der Waals surface area contributed by atoms with E-state index >= 15 is 0 Å². The molecule has 0 aliphatic carbocycles. The van der Waals surface area contributed by atoms with E-state index in [0.29, 0.717) is 22.9 Å². The van der Waals surface area contributed by atoms with Crippen LogP contribution in [-0.4, -0.2) is 35.3 Å². The van der Waals surface area contributed by atoms with E-state index in [4.69, 9.17) is 0 Å². The summed E-state index contributed by atoms with van der Waals surface area (Å²) in [4.78, 5) is 11.4. The molecule has 0 spiro atoms. The predicted octanol–water partition coefficient (Wildman–Crippen LogP) is 0.774. The number of aryl methyl sites for hydroxylation is 1. The van der Waals surface area contributed by atoms with E-state index in [9.17, 15) is 10.1 Å². The highest BCUT2D eigenvalue weighted by Gasteiger charge is 2.15. The molecule has 2 heterocycles. The molecule has 0 amide bonds. The first kappa shape index (κ1) is 11.1. The topological polar surface area (TPSA) is 113 Å². The van der Waals surface area contributed by atoms with E-state index in [-0.39, 0.29) is 5.69 Å². The van der Waals surface area contributed by atoms with Crippen LogP contribution < -0.4 is 0 Å². The van der Waals surface area contributed by atoms with Gasteiger partial charge in [-0.15, -0.1) is 20.1 Å². The van der Waals surface area contributed by atoms with E-state index < -0.39 is 4.92 Å². The Morgan fingerprint density at radius 2 is 1.89 bits per heavy atom. The predicted molar refractivity (Wildman–Crippen MR) is 62.8 cm³/mol. The summed E-state index contributed by atoms with van der Waals surface area (Å²) >= 11 is 0. The van der Waals surface area contributed by atoms with Gasteiger partial charge in [0.05, 0.1) is 16.3 Å². The summed E-state index contributed by atoms with van der Waals surface area (Å²) in [7, 11) is 0. The van der Waals surface area contributed by atoms with Crippen LogP contribution in [0, 0.1) is 17.0 Å². The molecule has 2 aliphatic rings. The molecule has 0 saturated carbocycles. The van der Waals surface area contributed by atoms with Crippen molar-refractivity contribution >= 4 is 5.69 Å². The fraction of sp³-hybridized carbons (Fsp3) is 0.100. The molecule has 2 aliphatic heterocycles. The molecule has 1 aromatic carbocycles. The van der Waals surface area contributed by atoms with Gasteiger partial charge in [-0.25, -0.2) is 0 Å². The van der Waals surface area contributed by atoms with E-state index in [1.807, 2.05) is 0 Å². The Morgan fingerprint density at radius 3 is 2.58 bits per heavy atom. The average molecular weight is 257 g/mol. The fourth-order valence-electron chi connectivity index (χ4n) is 1.58. The molecular formula is C10H7N7O2. The number of nitro benzene ring substituents is 1. The molecule has 0 bridgehead atoms. The van der Waals surface area contributed by atoms with Gasteiger partial charge in [0.15, 0.2) is 5.69 Å². The van der Waals surface area contributed by atoms with E-state index in [1.54, 1.807) is 19.1 Å². The Hall–Kier alpha value is -2.97. The first-order chi connectivity index (χ1) is 9.15. The van der Waals surface area contributed by atoms with Gasteiger partial charge in [0.25, 0.3) is 5.69 Å². The van der Waals surface area contributed by atoms with Gasteiger partial charge in [-0.3, -0.25) is 10.1 Å². The van der Waals surface area contributed by atoms with Crippen LogP contribution in [0.25, 0.3) is 17.2 Å². The van der Waals surface area contributed by atoms with Crippen molar-refractivity contribution in [3.05, 3.63) is 40.1 Å². The van der Waals surface area contributed by atoms with Gasteiger partial charge in [-0.1, -0.05) is 0 Å². The van der Waals surface area contributed by atoms with Gasteiger partial charge in [-0.2, -0.15) is 5.10 Å². The molecule has 0 fully saturated rings. The van der Waals surface area contributed by atoms with Crippen LogP contribution in [0.5, 0.6) is 0 Å². The van der Waals surface area contributed by atoms with Gasteiger partial charge >= 0.3 is 0 Å². The maximum Gasteiger partial charge on any atom is 0.269 e. The van der Waals surface area contributed by atoms with Crippen molar-refractivity contribution in [3.63, 3.8) is 0 Å². The zero-order valence-electron chi connectivity index (χ0n) is 9.76. The summed E-state index contributed by atoms with van der Waals surface area (Å²) in [6, 6.07) is 5.85. The van der Waals surface area contributed by atoms with Crippen LogP contribution in [0.2, 0.25) is 0 Å². The zero-order chi connectivity index (χ0) is 13.4. The van der Waals surface area contributed by atoms with E-state index in [0.717, 1.165) is 0 Å². The van der Waals surface area contributed by atoms with Gasteiger partial charge in [0.2, 0.25) is 5.82 Å². The largest absolute Gasteiger partial charge is 0.269 e. The summed E-state index contributed by atoms with van der Waals surface area (Å²) in [6.45, 7) is 1.77. The van der Waals surface area contributed by atoms with Crippen molar-refractivity contribution in [3.8, 4) is 17.2 Å². The highest BCUT2D eigenvalue weighted by molar-refractivity contribution is 5.51. The molecule has 0 N–H and O–H groups in total. The molecule has 19 heavy (non-hydrogen) atoms. The lowest BCUT2D eigenvalue weighted by Crippen LogP contribution is -2.10. The maximum absolute atomic E-state index is 10.6. The van der Waals surface area contributed by atoms with Crippen LogP contribution in [0.15, 0.2) is 24.3 Å². The lowest BCUT2D eigenvalue weighted by atomic mass is 10.3. The second-order valence-corrected chi connectivity index (χ2v) is 3.81. The lowest BCUT2D eigenvalue weighted by molar-refractivity contribution is -0.384. The molecule has 0 aromatic heterocycles. The number of hydrogen-bond donors (Lipinski definition) is 0. The summed E-state index contributed by atoms with van der Waals surface area (Å²) in [5.74, 6) is 0.371. The Balaban J connectivity index is 2.06. The van der Waals surface area contributed by atoms with Crippen LogP contribution in [0.1, 0.15) is 5.69 Å². The number of fused-ring (bicyclic) bond motifs is 1. The Kier molecular flexibility index (Phi) is 2.37. The molecule has 94 valence electrons. The summed E-state index contributed by atoms with van der Waals surface area (Å²) in [5, 5.41) is 30.2. The van der Waals surface area contributed by atoms with Crippen LogP contribution in [0.3, 0.4) is 0 Å². The van der Waals surface area contributed by atoms with Crippen molar-refractivity contribution in [2.75, 3.05) is 0 Å². The van der Waals surface area contributed by atoms with Crippen LogP contribution in [0.4, 0.5) is 5.69 Å². The van der Waals surface area contributed by atoms with Gasteiger partial charge < -0.3 is 0 Å². The SMILES string of the molecule is Cc1nnc2nnn(-c3ccc([N+](=O)[O-])cc3)nc1-2. The van der Waals surface area contributed by atoms with E-state index in [2.05, 4.69) is 25.6 Å². The minimum Gasteiger partial charge on any atom is -0.258 e. The third kappa shape index (κ3) is 1.86. The minimum absolute atomic E-state index is 0.00575. The summed E-state index contributed by atoms with van der Waals surface area (Å²) in [6.07, 6.45) is 0. The standard InChI is InChI=1S/C10H7N7O2/c1-6-9-10(12-11-6)13-15-16(14-9)7-2-4-8(5-3-7)17(18)19/h2-5H,1H3. The molecule has 0 saturated heterocycles. The first-order valence-corrected chi connectivity index (χ1v) is 5.33. The van der Waals surface area contributed by atoms with Gasteiger partial charge in [0, 0.05) is 12.1 Å². The van der Waals surface area contributed by atoms with Crippen molar-refractivity contribution in [2.24, 2.45) is 0 Å². The fourth-order valence-corrected chi connectivity index (χ4v) is 1.58. The van der Waals surface area contributed by atoms with Gasteiger partial charge in [-0.05, 0) is 24.3 Å². The molecule has 0 unspecified atom stereocenters. The van der Waals surface area contributed by atoms with Crippen molar-refractivity contribution in [2.45, 2.75) is 6.92 Å². The molecule has 1 aromatic rings. The Bertz CT molecular complexity index is 721. The molecule has 3 rings (SSSR count). The Morgan fingerprint density at radius 1 is 1.16 bits per heavy atom. The number of hydrogen-bond acceptors (Lipinski definition) is 7. The van der Waals surface area contributed by atoms with Gasteiger partial charge in [0.1, 0.15) is 0 Å². The number of nitro groups is 1. The highest BCUT2D eigenvalue weighted by atomic mass is 16.6. The normalized spacial score (nSPS) is 10.8. The first-order valence-electron chi connectivity index (χ1n) is 5.33. The quantitative estimate of drug-likeness (QED) is 0.492. The van der Waals surface area contributed by atoms with Crippen molar-refractivity contribution in [1.82, 2.24) is 30.4 Å². The summed E-state index contributed by atoms with van der Waals surface area (Å²) < 4.78 is 0. The second-order valence-electron chi connectivity index (χ2n) is 3.81. The molecule has 9 heteroatoms. The molecule has 9 nitrogen and oxygen atoms in total. The maximum atomic E-state index is 10.6. The molecule has 0 radical (unpaired) electrons. The number of benzene rings is 1. The van der Waals surface area contributed by atoms with Crippen LogP contribution in [-0.2, 0) is 0 Å². The number of aromatic nitrogens is 6. The molecule has 0 atom stereocenters. The van der Waals surface area contributed by atoms with Crippen molar-refractivity contribution in [1.29, 1.82) is 0 Å². The number of nitrogens with zero attached hydrogens (tertiary/aromatic N) is 7. The average Bonchev–Trinajstić information content (AvgIpc) is 2.80. The molecular weight excluding hydrogens is 250 g/mol. The minimum atomic E-state index is -0.466. The third-order valence-corrected chi connectivity index (χ3v) is 2.56. The van der Waals surface area contributed by atoms with E-state index in [1.165, 1.54) is 16.9 Å². The zero-order valence-corrected chi connectivity index (χ0v) is 9.76. The third-order valence-electron chi connectivity index (χ3n) is 2.56. The highest BCUT2D eigenvalue weighted by Crippen LogP contribution is 2.17. The lowest BCUT2D eigenvalue weighted by Gasteiger charge is -2.03. The van der Waals surface area contributed by atoms with Crippen molar-refractivity contribution < 1.29 is 4.92 Å². The van der Waals surface area contributed by atoms with Crippen LogP contribution >= 0.6 is 0 Å². The summed E-state index contributed by atoms with van der Waals surface area (Å²) in [5.41, 5.74) is 1.78. The number of non-ortho nitro benzene ring substituents is 1. The Labute approximate surface area is 106 Å². The second kappa shape index (κ2) is 4.05. The number of rotatable bonds is 2. The smallest absolute Gasteiger partial charge is 0.258 e. The monoisotopic (exact) mass is 257 g/mol.